The molecule has 1 heterocycles. The lowest BCUT2D eigenvalue weighted by molar-refractivity contribution is 0.0939. The number of carbonyl (C=O) groups excluding carboxylic acids is 2. The standard InChI is InChI=1S/C17H17F2N3O2/c1-3-10(2)21-16(23)11-6-12(9-20-8-11)17(24)22-13-4-5-14(18)15(19)7-13/h4-10H,3H2,1-2H3,(H,21,23)(H,22,24). The summed E-state index contributed by atoms with van der Waals surface area (Å²) in [5.74, 6) is -2.97. The molecule has 0 fully saturated rings. The van der Waals surface area contributed by atoms with Crippen LogP contribution in [0.5, 0.6) is 0 Å². The highest BCUT2D eigenvalue weighted by molar-refractivity contribution is 6.05. The third-order valence-corrected chi connectivity index (χ3v) is 3.43. The molecule has 0 bridgehead atoms. The molecule has 0 spiro atoms. The van der Waals surface area contributed by atoms with E-state index in [4.69, 9.17) is 0 Å². The molecule has 0 aliphatic rings. The first-order chi connectivity index (χ1) is 11.4. The summed E-state index contributed by atoms with van der Waals surface area (Å²) in [6.07, 6.45) is 3.41. The molecule has 0 aliphatic heterocycles. The van der Waals surface area contributed by atoms with E-state index >= 15 is 0 Å². The Bertz CT molecular complexity index is 765. The highest BCUT2D eigenvalue weighted by Gasteiger charge is 2.13. The van der Waals surface area contributed by atoms with E-state index < -0.39 is 17.5 Å². The van der Waals surface area contributed by atoms with E-state index in [2.05, 4.69) is 15.6 Å². The van der Waals surface area contributed by atoms with Gasteiger partial charge in [0.05, 0.1) is 11.1 Å². The molecular formula is C17H17F2N3O2. The number of halogens is 2. The van der Waals surface area contributed by atoms with Crippen LogP contribution in [-0.2, 0) is 0 Å². The van der Waals surface area contributed by atoms with Gasteiger partial charge in [-0.2, -0.15) is 0 Å². The molecule has 2 aromatic rings. The topological polar surface area (TPSA) is 71.1 Å². The Labute approximate surface area is 138 Å². The molecule has 0 radical (unpaired) electrons. The summed E-state index contributed by atoms with van der Waals surface area (Å²) in [4.78, 5) is 28.1. The van der Waals surface area contributed by atoms with E-state index in [9.17, 15) is 18.4 Å². The number of nitrogens with one attached hydrogen (secondary N) is 2. The van der Waals surface area contributed by atoms with E-state index in [-0.39, 0.29) is 28.8 Å². The molecule has 2 amide bonds. The summed E-state index contributed by atoms with van der Waals surface area (Å²) in [6, 6.07) is 4.42. The van der Waals surface area contributed by atoms with Gasteiger partial charge in [-0.25, -0.2) is 8.78 Å². The molecular weight excluding hydrogens is 316 g/mol. The van der Waals surface area contributed by atoms with Crippen LogP contribution in [-0.4, -0.2) is 22.8 Å². The SMILES string of the molecule is CCC(C)NC(=O)c1cncc(C(=O)Nc2ccc(F)c(F)c2)c1. The van der Waals surface area contributed by atoms with Crippen molar-refractivity contribution in [1.29, 1.82) is 0 Å². The zero-order chi connectivity index (χ0) is 17.7. The molecule has 7 heteroatoms. The van der Waals surface area contributed by atoms with Crippen LogP contribution in [0.4, 0.5) is 14.5 Å². The summed E-state index contributed by atoms with van der Waals surface area (Å²) in [5, 5.41) is 5.20. The minimum absolute atomic E-state index is 0.00262. The fraction of sp³-hybridized carbons (Fsp3) is 0.235. The number of hydrogen-bond acceptors (Lipinski definition) is 3. The van der Waals surface area contributed by atoms with Crippen LogP contribution in [0.15, 0.2) is 36.7 Å². The Kier molecular flexibility index (Phi) is 5.57. The Balaban J connectivity index is 2.13. The largest absolute Gasteiger partial charge is 0.350 e. The maximum Gasteiger partial charge on any atom is 0.257 e. The van der Waals surface area contributed by atoms with Gasteiger partial charge in [0.1, 0.15) is 0 Å². The average Bonchev–Trinajstić information content (AvgIpc) is 2.58. The van der Waals surface area contributed by atoms with Crippen molar-refractivity contribution >= 4 is 17.5 Å². The highest BCUT2D eigenvalue weighted by atomic mass is 19.2. The lowest BCUT2D eigenvalue weighted by atomic mass is 10.1. The van der Waals surface area contributed by atoms with E-state index in [1.165, 1.54) is 24.5 Å². The summed E-state index contributed by atoms with van der Waals surface area (Å²) < 4.78 is 26.1. The van der Waals surface area contributed by atoms with Crippen molar-refractivity contribution in [3.05, 3.63) is 59.4 Å². The third kappa shape index (κ3) is 4.34. The van der Waals surface area contributed by atoms with Crippen LogP contribution in [0.3, 0.4) is 0 Å². The molecule has 0 saturated carbocycles. The predicted octanol–water partition coefficient (Wildman–Crippen LogP) is 3.14. The molecule has 5 nitrogen and oxygen atoms in total. The molecule has 2 rings (SSSR count). The molecule has 1 unspecified atom stereocenters. The number of benzene rings is 1. The Hall–Kier alpha value is -2.83. The van der Waals surface area contributed by atoms with Crippen LogP contribution in [0.25, 0.3) is 0 Å². The maximum atomic E-state index is 13.2. The van der Waals surface area contributed by atoms with Crippen molar-refractivity contribution in [3.8, 4) is 0 Å². The second kappa shape index (κ2) is 7.63. The minimum Gasteiger partial charge on any atom is -0.350 e. The maximum absolute atomic E-state index is 13.2. The van der Waals surface area contributed by atoms with Gasteiger partial charge in [-0.05, 0) is 31.5 Å². The van der Waals surface area contributed by atoms with Gasteiger partial charge in [-0.3, -0.25) is 14.6 Å². The number of amides is 2. The van der Waals surface area contributed by atoms with Gasteiger partial charge in [0.2, 0.25) is 0 Å². The van der Waals surface area contributed by atoms with Gasteiger partial charge in [-0.15, -0.1) is 0 Å². The van der Waals surface area contributed by atoms with Crippen molar-refractivity contribution in [2.75, 3.05) is 5.32 Å². The molecule has 2 N–H and O–H groups in total. The van der Waals surface area contributed by atoms with E-state index in [1.54, 1.807) is 0 Å². The van der Waals surface area contributed by atoms with Crippen molar-refractivity contribution in [3.63, 3.8) is 0 Å². The molecule has 24 heavy (non-hydrogen) atoms. The summed E-state index contributed by atoms with van der Waals surface area (Å²) in [5.41, 5.74) is 0.484. The van der Waals surface area contributed by atoms with Crippen molar-refractivity contribution in [2.24, 2.45) is 0 Å². The highest BCUT2D eigenvalue weighted by Crippen LogP contribution is 2.14. The number of rotatable bonds is 5. The average molecular weight is 333 g/mol. The van der Waals surface area contributed by atoms with Gasteiger partial charge < -0.3 is 10.6 Å². The van der Waals surface area contributed by atoms with E-state index in [0.29, 0.717) is 0 Å². The number of anilines is 1. The molecule has 1 aromatic heterocycles. The summed E-state index contributed by atoms with van der Waals surface area (Å²) >= 11 is 0. The smallest absolute Gasteiger partial charge is 0.257 e. The second-order valence-electron chi connectivity index (χ2n) is 5.33. The first-order valence-corrected chi connectivity index (χ1v) is 7.43. The van der Waals surface area contributed by atoms with Crippen LogP contribution in [0.1, 0.15) is 41.0 Å². The van der Waals surface area contributed by atoms with Crippen LogP contribution in [0.2, 0.25) is 0 Å². The number of pyridine rings is 1. The van der Waals surface area contributed by atoms with Gasteiger partial charge in [-0.1, -0.05) is 6.92 Å². The van der Waals surface area contributed by atoms with Crippen LogP contribution >= 0.6 is 0 Å². The van der Waals surface area contributed by atoms with Gasteiger partial charge >= 0.3 is 0 Å². The third-order valence-electron chi connectivity index (χ3n) is 3.43. The number of hydrogen-bond donors (Lipinski definition) is 2. The Morgan fingerprint density at radius 3 is 2.38 bits per heavy atom. The van der Waals surface area contributed by atoms with E-state index in [1.807, 2.05) is 13.8 Å². The van der Waals surface area contributed by atoms with Gasteiger partial charge in [0.15, 0.2) is 11.6 Å². The quantitative estimate of drug-likeness (QED) is 0.883. The Morgan fingerprint density at radius 1 is 1.08 bits per heavy atom. The zero-order valence-electron chi connectivity index (χ0n) is 13.3. The summed E-state index contributed by atoms with van der Waals surface area (Å²) in [7, 11) is 0. The van der Waals surface area contributed by atoms with Crippen LogP contribution < -0.4 is 10.6 Å². The second-order valence-corrected chi connectivity index (χ2v) is 5.33. The minimum atomic E-state index is -1.06. The molecule has 0 saturated heterocycles. The molecule has 1 atom stereocenters. The molecule has 1 aromatic carbocycles. The van der Waals surface area contributed by atoms with Crippen molar-refractivity contribution < 1.29 is 18.4 Å². The normalized spacial score (nSPS) is 11.7. The van der Waals surface area contributed by atoms with Crippen LogP contribution in [0, 0.1) is 11.6 Å². The monoisotopic (exact) mass is 333 g/mol. The first-order valence-electron chi connectivity index (χ1n) is 7.43. The van der Waals surface area contributed by atoms with Crippen molar-refractivity contribution in [1.82, 2.24) is 10.3 Å². The zero-order valence-corrected chi connectivity index (χ0v) is 13.3. The first kappa shape index (κ1) is 17.5. The lowest BCUT2D eigenvalue weighted by Crippen LogP contribution is -2.32. The number of nitrogens with zero attached hydrogens (tertiary/aromatic N) is 1. The molecule has 0 aliphatic carbocycles. The van der Waals surface area contributed by atoms with Crippen molar-refractivity contribution in [2.45, 2.75) is 26.3 Å². The number of carbonyl (C=O) groups is 2. The van der Waals surface area contributed by atoms with E-state index in [0.717, 1.165) is 18.6 Å². The number of aromatic nitrogens is 1. The lowest BCUT2D eigenvalue weighted by Gasteiger charge is -2.11. The summed E-state index contributed by atoms with van der Waals surface area (Å²) in [6.45, 7) is 3.81. The Morgan fingerprint density at radius 2 is 1.75 bits per heavy atom. The van der Waals surface area contributed by atoms with Gasteiger partial charge in [0, 0.05) is 30.2 Å². The fourth-order valence-corrected chi connectivity index (χ4v) is 1.87. The molecule has 126 valence electrons. The van der Waals surface area contributed by atoms with Gasteiger partial charge in [0.25, 0.3) is 11.8 Å². The predicted molar refractivity (Wildman–Crippen MR) is 85.8 cm³/mol. The fourth-order valence-electron chi connectivity index (χ4n) is 1.87.